The SMILES string of the molecule is CC(C)Cc1csc(C(CO)C(C)C)n1. The van der Waals surface area contributed by atoms with E-state index in [2.05, 4.69) is 38.1 Å². The van der Waals surface area contributed by atoms with Crippen molar-refractivity contribution in [2.45, 2.75) is 40.0 Å². The third kappa shape index (κ3) is 3.58. The number of hydrogen-bond donors (Lipinski definition) is 1. The van der Waals surface area contributed by atoms with Crippen molar-refractivity contribution in [2.75, 3.05) is 6.61 Å². The summed E-state index contributed by atoms with van der Waals surface area (Å²) < 4.78 is 0. The Balaban J connectivity index is 2.73. The van der Waals surface area contributed by atoms with Crippen LogP contribution in [0.1, 0.15) is 44.3 Å². The van der Waals surface area contributed by atoms with Crippen molar-refractivity contribution >= 4 is 11.3 Å². The maximum absolute atomic E-state index is 9.31. The molecule has 2 nitrogen and oxygen atoms in total. The monoisotopic (exact) mass is 227 g/mol. The molecule has 0 aliphatic heterocycles. The zero-order valence-corrected chi connectivity index (χ0v) is 10.8. The molecule has 86 valence electrons. The smallest absolute Gasteiger partial charge is 0.0984 e. The van der Waals surface area contributed by atoms with Gasteiger partial charge in [0, 0.05) is 11.3 Å². The van der Waals surface area contributed by atoms with Gasteiger partial charge in [0.25, 0.3) is 0 Å². The number of aromatic nitrogens is 1. The maximum Gasteiger partial charge on any atom is 0.0984 e. The Kier molecular flexibility index (Phi) is 4.74. The van der Waals surface area contributed by atoms with E-state index >= 15 is 0 Å². The molecule has 0 spiro atoms. The van der Waals surface area contributed by atoms with Crippen molar-refractivity contribution in [3.63, 3.8) is 0 Å². The van der Waals surface area contributed by atoms with Gasteiger partial charge in [0.15, 0.2) is 0 Å². The van der Waals surface area contributed by atoms with Crippen LogP contribution in [0, 0.1) is 11.8 Å². The molecule has 0 aliphatic rings. The molecule has 3 heteroatoms. The van der Waals surface area contributed by atoms with Crippen LogP contribution in [0.4, 0.5) is 0 Å². The Morgan fingerprint density at radius 1 is 1.33 bits per heavy atom. The Morgan fingerprint density at radius 3 is 2.47 bits per heavy atom. The van der Waals surface area contributed by atoms with E-state index in [1.165, 1.54) is 5.69 Å². The molecule has 1 aromatic rings. The number of hydrogen-bond acceptors (Lipinski definition) is 3. The van der Waals surface area contributed by atoms with E-state index in [0.717, 1.165) is 11.4 Å². The first-order chi connectivity index (χ1) is 7.04. The van der Waals surface area contributed by atoms with Gasteiger partial charge in [-0.3, -0.25) is 0 Å². The summed E-state index contributed by atoms with van der Waals surface area (Å²) in [6, 6.07) is 0. The summed E-state index contributed by atoms with van der Waals surface area (Å²) >= 11 is 1.68. The van der Waals surface area contributed by atoms with Crippen LogP contribution >= 0.6 is 11.3 Å². The molecule has 1 heterocycles. The lowest BCUT2D eigenvalue weighted by Gasteiger charge is -2.14. The number of aliphatic hydroxyl groups excluding tert-OH is 1. The first-order valence-electron chi connectivity index (χ1n) is 5.59. The molecule has 1 unspecified atom stereocenters. The summed E-state index contributed by atoms with van der Waals surface area (Å²) in [5.74, 6) is 1.30. The van der Waals surface area contributed by atoms with Crippen molar-refractivity contribution < 1.29 is 5.11 Å². The number of rotatable bonds is 5. The molecule has 0 radical (unpaired) electrons. The minimum Gasteiger partial charge on any atom is -0.396 e. The summed E-state index contributed by atoms with van der Waals surface area (Å²) in [4.78, 5) is 4.60. The van der Waals surface area contributed by atoms with Crippen molar-refractivity contribution in [3.05, 3.63) is 16.1 Å². The van der Waals surface area contributed by atoms with Crippen LogP contribution in [-0.2, 0) is 6.42 Å². The Hall–Kier alpha value is -0.410. The number of nitrogens with zero attached hydrogens (tertiary/aromatic N) is 1. The van der Waals surface area contributed by atoms with Crippen LogP contribution in [0.3, 0.4) is 0 Å². The largest absolute Gasteiger partial charge is 0.396 e. The van der Waals surface area contributed by atoms with Gasteiger partial charge in [0.05, 0.1) is 17.3 Å². The van der Waals surface area contributed by atoms with E-state index in [0.29, 0.717) is 11.8 Å². The molecule has 0 aliphatic carbocycles. The summed E-state index contributed by atoms with van der Waals surface area (Å²) in [6.07, 6.45) is 1.03. The summed E-state index contributed by atoms with van der Waals surface area (Å²) in [5, 5.41) is 12.5. The predicted octanol–water partition coefficient (Wildman–Crippen LogP) is 3.07. The van der Waals surface area contributed by atoms with Crippen LogP contribution in [0.2, 0.25) is 0 Å². The molecule has 0 bridgehead atoms. The van der Waals surface area contributed by atoms with E-state index in [1.807, 2.05) is 0 Å². The van der Waals surface area contributed by atoms with Gasteiger partial charge in [-0.1, -0.05) is 27.7 Å². The van der Waals surface area contributed by atoms with Gasteiger partial charge in [-0.25, -0.2) is 4.98 Å². The molecule has 0 aromatic carbocycles. The van der Waals surface area contributed by atoms with Crippen molar-refractivity contribution in [1.82, 2.24) is 4.98 Å². The molecular weight excluding hydrogens is 206 g/mol. The molecule has 1 N–H and O–H groups in total. The quantitative estimate of drug-likeness (QED) is 0.838. The van der Waals surface area contributed by atoms with Gasteiger partial charge >= 0.3 is 0 Å². The highest BCUT2D eigenvalue weighted by Crippen LogP contribution is 2.27. The topological polar surface area (TPSA) is 33.1 Å². The fourth-order valence-corrected chi connectivity index (χ4v) is 2.68. The van der Waals surface area contributed by atoms with Gasteiger partial charge < -0.3 is 5.11 Å². The zero-order valence-electron chi connectivity index (χ0n) is 10.0. The predicted molar refractivity (Wildman–Crippen MR) is 65.3 cm³/mol. The normalized spacial score (nSPS) is 13.8. The minimum absolute atomic E-state index is 0.201. The van der Waals surface area contributed by atoms with Crippen molar-refractivity contribution in [3.8, 4) is 0 Å². The second-order valence-electron chi connectivity index (χ2n) is 4.81. The van der Waals surface area contributed by atoms with Crippen LogP contribution in [0.5, 0.6) is 0 Å². The lowest BCUT2D eigenvalue weighted by Crippen LogP contribution is -2.11. The van der Waals surface area contributed by atoms with Gasteiger partial charge in [0.2, 0.25) is 0 Å². The fraction of sp³-hybridized carbons (Fsp3) is 0.750. The number of thiazole rings is 1. The Bertz CT molecular complexity index is 294. The molecule has 0 saturated carbocycles. The first-order valence-corrected chi connectivity index (χ1v) is 6.47. The Labute approximate surface area is 96.4 Å². The average molecular weight is 227 g/mol. The van der Waals surface area contributed by atoms with E-state index in [4.69, 9.17) is 0 Å². The van der Waals surface area contributed by atoms with Crippen LogP contribution in [0.25, 0.3) is 0 Å². The Morgan fingerprint density at radius 2 is 2.00 bits per heavy atom. The van der Waals surface area contributed by atoms with Gasteiger partial charge in [-0.2, -0.15) is 0 Å². The molecule has 0 fully saturated rings. The standard InChI is InChI=1S/C12H21NOS/c1-8(2)5-10-7-15-12(13-10)11(6-14)9(3)4/h7-9,11,14H,5-6H2,1-4H3. The second kappa shape index (κ2) is 5.61. The first kappa shape index (κ1) is 12.7. The summed E-state index contributed by atoms with van der Waals surface area (Å²) in [5.41, 5.74) is 1.17. The molecule has 1 atom stereocenters. The van der Waals surface area contributed by atoms with Gasteiger partial charge in [-0.15, -0.1) is 11.3 Å². The van der Waals surface area contributed by atoms with Crippen LogP contribution in [0.15, 0.2) is 5.38 Å². The van der Waals surface area contributed by atoms with Crippen LogP contribution in [-0.4, -0.2) is 16.7 Å². The van der Waals surface area contributed by atoms with E-state index in [1.54, 1.807) is 11.3 Å². The lowest BCUT2D eigenvalue weighted by atomic mass is 9.98. The second-order valence-corrected chi connectivity index (χ2v) is 5.70. The van der Waals surface area contributed by atoms with Crippen LogP contribution < -0.4 is 0 Å². The highest BCUT2D eigenvalue weighted by molar-refractivity contribution is 7.09. The fourth-order valence-electron chi connectivity index (χ4n) is 1.58. The molecule has 1 aromatic heterocycles. The van der Waals surface area contributed by atoms with E-state index in [9.17, 15) is 5.11 Å². The molecule has 0 amide bonds. The minimum atomic E-state index is 0.201. The van der Waals surface area contributed by atoms with E-state index in [-0.39, 0.29) is 12.5 Å². The maximum atomic E-state index is 9.31. The average Bonchev–Trinajstić information content (AvgIpc) is 2.52. The van der Waals surface area contributed by atoms with Crippen molar-refractivity contribution in [2.24, 2.45) is 11.8 Å². The van der Waals surface area contributed by atoms with Gasteiger partial charge in [0.1, 0.15) is 0 Å². The molecule has 15 heavy (non-hydrogen) atoms. The van der Waals surface area contributed by atoms with E-state index < -0.39 is 0 Å². The summed E-state index contributed by atoms with van der Waals surface area (Å²) in [6.45, 7) is 8.86. The zero-order chi connectivity index (χ0) is 11.4. The van der Waals surface area contributed by atoms with Gasteiger partial charge in [-0.05, 0) is 18.3 Å². The summed E-state index contributed by atoms with van der Waals surface area (Å²) in [7, 11) is 0. The molecule has 0 saturated heterocycles. The number of aliphatic hydroxyl groups is 1. The highest BCUT2D eigenvalue weighted by Gasteiger charge is 2.18. The third-order valence-corrected chi connectivity index (χ3v) is 3.53. The van der Waals surface area contributed by atoms with Crippen molar-refractivity contribution in [1.29, 1.82) is 0 Å². The third-order valence-electron chi connectivity index (χ3n) is 2.51. The highest BCUT2D eigenvalue weighted by atomic mass is 32.1. The molecular formula is C12H21NOS. The molecule has 1 rings (SSSR count). The lowest BCUT2D eigenvalue weighted by molar-refractivity contribution is 0.237.